The van der Waals surface area contributed by atoms with Crippen LogP contribution in [-0.4, -0.2) is 6.71 Å². The van der Waals surface area contributed by atoms with Crippen molar-refractivity contribution in [3.63, 3.8) is 0 Å². The van der Waals surface area contributed by atoms with E-state index in [-0.39, 0.29) is 6.71 Å². The molecule has 0 aliphatic carbocycles. The molecular formula is C37H27BO2. The van der Waals surface area contributed by atoms with E-state index < -0.39 is 0 Å². The van der Waals surface area contributed by atoms with Crippen LogP contribution in [0.15, 0.2) is 135 Å². The van der Waals surface area contributed by atoms with E-state index in [0.717, 1.165) is 72.8 Å². The van der Waals surface area contributed by atoms with Crippen LogP contribution in [0.5, 0.6) is 23.0 Å². The Bertz CT molecular complexity index is 1850. The van der Waals surface area contributed by atoms with Crippen molar-refractivity contribution < 1.29 is 9.47 Å². The average molecular weight is 514 g/mol. The Labute approximate surface area is 235 Å². The fraction of sp³-hybridized carbons (Fsp3) is 0.0270. The summed E-state index contributed by atoms with van der Waals surface area (Å²) >= 11 is 0. The Hall–Kier alpha value is -5.02. The summed E-state index contributed by atoms with van der Waals surface area (Å²) in [6, 6.07) is 36.1. The van der Waals surface area contributed by atoms with Crippen molar-refractivity contribution in [1.29, 1.82) is 0 Å². The third-order valence-corrected chi connectivity index (χ3v) is 7.92. The number of aryl methyl sites for hydroxylation is 1. The zero-order valence-electron chi connectivity index (χ0n) is 22.4. The third-order valence-electron chi connectivity index (χ3n) is 7.92. The number of rotatable bonds is 5. The largest absolute Gasteiger partial charge is 0.458 e. The molecule has 0 N–H and O–H groups in total. The van der Waals surface area contributed by atoms with Crippen LogP contribution in [0.4, 0.5) is 0 Å². The van der Waals surface area contributed by atoms with Crippen LogP contribution in [0.2, 0.25) is 0 Å². The minimum absolute atomic E-state index is 0.0177. The van der Waals surface area contributed by atoms with Crippen LogP contribution in [0, 0.1) is 6.92 Å². The molecule has 0 saturated carbocycles. The predicted molar refractivity (Wildman–Crippen MR) is 168 cm³/mol. The van der Waals surface area contributed by atoms with Crippen molar-refractivity contribution in [2.45, 2.75) is 6.92 Å². The van der Waals surface area contributed by atoms with Gasteiger partial charge in [-0.1, -0.05) is 110 Å². The molecule has 0 saturated heterocycles. The van der Waals surface area contributed by atoms with Crippen LogP contribution in [0.1, 0.15) is 11.1 Å². The van der Waals surface area contributed by atoms with Crippen LogP contribution >= 0.6 is 0 Å². The fourth-order valence-electron chi connectivity index (χ4n) is 5.97. The first-order valence-corrected chi connectivity index (χ1v) is 13.5. The summed E-state index contributed by atoms with van der Waals surface area (Å²) in [7, 11) is 0. The lowest BCUT2D eigenvalue weighted by atomic mass is 9.34. The number of allylic oxidation sites excluding steroid dienone is 4. The van der Waals surface area contributed by atoms with Gasteiger partial charge in [0, 0.05) is 11.0 Å². The van der Waals surface area contributed by atoms with Crippen LogP contribution in [0.3, 0.4) is 0 Å². The molecule has 0 unspecified atom stereocenters. The van der Waals surface area contributed by atoms with Crippen LogP contribution in [0.25, 0.3) is 27.8 Å². The molecule has 190 valence electrons. The summed E-state index contributed by atoms with van der Waals surface area (Å²) in [6.07, 6.45) is 5.60. The van der Waals surface area contributed by atoms with Crippen molar-refractivity contribution in [2.24, 2.45) is 0 Å². The zero-order chi connectivity index (χ0) is 27.2. The van der Waals surface area contributed by atoms with E-state index in [1.165, 1.54) is 5.56 Å². The molecule has 40 heavy (non-hydrogen) atoms. The number of ether oxygens (including phenoxy) is 2. The minimum Gasteiger partial charge on any atom is -0.458 e. The monoisotopic (exact) mass is 514 g/mol. The summed E-state index contributed by atoms with van der Waals surface area (Å²) in [4.78, 5) is 0. The van der Waals surface area contributed by atoms with Crippen molar-refractivity contribution >= 4 is 28.7 Å². The SMILES string of the molecule is C=C/C=C(\C=C)c1ccc2c(c1)Oc1ccc(-c3ccccc3C)c3c1B2c1ccc(-c2ccccc2)cc1O3. The van der Waals surface area contributed by atoms with E-state index >= 15 is 0 Å². The van der Waals surface area contributed by atoms with Gasteiger partial charge in [-0.05, 0) is 75.5 Å². The second-order valence-electron chi connectivity index (χ2n) is 10.2. The van der Waals surface area contributed by atoms with E-state index in [2.05, 4.69) is 117 Å². The molecule has 7 rings (SSSR count). The van der Waals surface area contributed by atoms with Gasteiger partial charge in [0.05, 0.1) is 0 Å². The highest BCUT2D eigenvalue weighted by Gasteiger charge is 2.41. The molecule has 0 fully saturated rings. The summed E-state index contributed by atoms with van der Waals surface area (Å²) < 4.78 is 13.4. The Kier molecular flexibility index (Phi) is 5.79. The number of hydrogen-bond acceptors (Lipinski definition) is 2. The molecule has 0 aromatic heterocycles. The lowest BCUT2D eigenvalue weighted by Gasteiger charge is -2.34. The maximum absolute atomic E-state index is 6.84. The normalized spacial score (nSPS) is 12.8. The lowest BCUT2D eigenvalue weighted by molar-refractivity contribution is 0.465. The summed E-state index contributed by atoms with van der Waals surface area (Å²) in [5.41, 5.74) is 11.1. The Morgan fingerprint density at radius 2 is 1.43 bits per heavy atom. The van der Waals surface area contributed by atoms with E-state index in [9.17, 15) is 0 Å². The van der Waals surface area contributed by atoms with Gasteiger partial charge in [0.25, 0.3) is 6.71 Å². The number of hydrogen-bond donors (Lipinski definition) is 0. The van der Waals surface area contributed by atoms with Crippen molar-refractivity contribution in [1.82, 2.24) is 0 Å². The van der Waals surface area contributed by atoms with Gasteiger partial charge >= 0.3 is 0 Å². The molecule has 2 aliphatic heterocycles. The van der Waals surface area contributed by atoms with Crippen LogP contribution in [-0.2, 0) is 0 Å². The van der Waals surface area contributed by atoms with E-state index in [1.807, 2.05) is 18.2 Å². The molecule has 2 nitrogen and oxygen atoms in total. The van der Waals surface area contributed by atoms with Crippen LogP contribution < -0.4 is 25.9 Å². The number of benzene rings is 5. The quantitative estimate of drug-likeness (QED) is 0.172. The maximum Gasteiger partial charge on any atom is 0.260 e. The van der Waals surface area contributed by atoms with Gasteiger partial charge < -0.3 is 9.47 Å². The van der Waals surface area contributed by atoms with Gasteiger partial charge in [-0.15, -0.1) is 0 Å². The molecule has 0 amide bonds. The predicted octanol–water partition coefficient (Wildman–Crippen LogP) is 7.81. The highest BCUT2D eigenvalue weighted by Crippen LogP contribution is 2.42. The maximum atomic E-state index is 6.84. The molecule has 0 radical (unpaired) electrons. The summed E-state index contributed by atoms with van der Waals surface area (Å²) in [6.45, 7) is 9.97. The van der Waals surface area contributed by atoms with E-state index in [4.69, 9.17) is 9.47 Å². The molecule has 0 bridgehead atoms. The highest BCUT2D eigenvalue weighted by atomic mass is 16.5. The number of fused-ring (bicyclic) bond motifs is 4. The Balaban J connectivity index is 1.46. The molecule has 5 aromatic rings. The first-order chi connectivity index (χ1) is 19.7. The van der Waals surface area contributed by atoms with Gasteiger partial charge in [0.2, 0.25) is 0 Å². The van der Waals surface area contributed by atoms with E-state index in [1.54, 1.807) is 6.08 Å². The second kappa shape index (κ2) is 9.62. The Morgan fingerprint density at radius 1 is 0.675 bits per heavy atom. The minimum atomic E-state index is -0.0177. The van der Waals surface area contributed by atoms with Crippen molar-refractivity contribution in [3.8, 4) is 45.3 Å². The summed E-state index contributed by atoms with van der Waals surface area (Å²) in [5.74, 6) is 3.41. The molecule has 0 spiro atoms. The van der Waals surface area contributed by atoms with Crippen molar-refractivity contribution in [3.05, 3.63) is 146 Å². The molecule has 5 aromatic carbocycles. The van der Waals surface area contributed by atoms with Gasteiger partial charge in [0.15, 0.2) is 0 Å². The Morgan fingerprint density at radius 3 is 2.20 bits per heavy atom. The summed E-state index contributed by atoms with van der Waals surface area (Å²) in [5, 5.41) is 0. The smallest absolute Gasteiger partial charge is 0.260 e. The van der Waals surface area contributed by atoms with Gasteiger partial charge in [-0.25, -0.2) is 0 Å². The average Bonchev–Trinajstić information content (AvgIpc) is 3.00. The van der Waals surface area contributed by atoms with Gasteiger partial charge in [-0.3, -0.25) is 0 Å². The molecular weight excluding hydrogens is 487 g/mol. The molecule has 0 atom stereocenters. The van der Waals surface area contributed by atoms with Gasteiger partial charge in [0.1, 0.15) is 23.0 Å². The first-order valence-electron chi connectivity index (χ1n) is 13.5. The van der Waals surface area contributed by atoms with Crippen molar-refractivity contribution in [2.75, 3.05) is 0 Å². The molecule has 2 heterocycles. The lowest BCUT2D eigenvalue weighted by Crippen LogP contribution is -2.57. The fourth-order valence-corrected chi connectivity index (χ4v) is 5.97. The van der Waals surface area contributed by atoms with E-state index in [0.29, 0.717) is 0 Å². The topological polar surface area (TPSA) is 18.5 Å². The highest BCUT2D eigenvalue weighted by molar-refractivity contribution is 6.98. The zero-order valence-corrected chi connectivity index (χ0v) is 22.4. The molecule has 3 heteroatoms. The molecule has 2 aliphatic rings. The second-order valence-corrected chi connectivity index (χ2v) is 10.2. The standard InChI is InChI=1S/C37H27BO2/c1-4-11-25(5-2)27-16-19-31-34(22-27)39-33-21-18-30(29-15-10-9-12-24(29)3)37-36(33)38(31)32-20-17-28(23-35(32)40-37)26-13-7-6-8-14-26/h4-23H,1-2H2,3H3/b25-11+. The van der Waals surface area contributed by atoms with Gasteiger partial charge in [-0.2, -0.15) is 0 Å². The first kappa shape index (κ1) is 24.1. The third kappa shape index (κ3) is 3.82.